The second-order valence-electron chi connectivity index (χ2n) is 6.08. The Balaban J connectivity index is 0.00000243. The molecule has 3 rings (SSSR count). The first kappa shape index (κ1) is 20.0. The van der Waals surface area contributed by atoms with Crippen molar-refractivity contribution in [3.8, 4) is 0 Å². The van der Waals surface area contributed by atoms with Gasteiger partial charge in [0.1, 0.15) is 5.82 Å². The molecule has 2 aromatic carbocycles. The first-order valence-corrected chi connectivity index (χ1v) is 8.35. The predicted octanol–water partition coefficient (Wildman–Crippen LogP) is 4.31. The molecule has 0 radical (unpaired) electrons. The molecule has 0 aliphatic carbocycles. The van der Waals surface area contributed by atoms with Crippen LogP contribution in [0.3, 0.4) is 0 Å². The monoisotopic (exact) mass is 461 g/mol. The Morgan fingerprint density at radius 1 is 1.04 bits per heavy atom. The number of fused-ring (bicyclic) bond motifs is 1. The number of anilines is 2. The molecule has 0 fully saturated rings. The quantitative estimate of drug-likeness (QED) is 0.229. The minimum atomic E-state index is 0. The van der Waals surface area contributed by atoms with Gasteiger partial charge in [-0.25, -0.2) is 4.98 Å². The highest BCUT2D eigenvalue weighted by molar-refractivity contribution is 14.0. The van der Waals surface area contributed by atoms with Gasteiger partial charge < -0.3 is 16.4 Å². The first-order valence-electron chi connectivity index (χ1n) is 8.35. The number of aliphatic imine (C=N–C) groups is 1. The summed E-state index contributed by atoms with van der Waals surface area (Å²) in [6, 6.07) is 18.3. The standard InChI is InChI=1S/C20H23N5.HI/c1-14-11-15(2)13-17(12-14)24-20(21)23-10-9-22-19-8-7-16-5-3-4-6-18(16)25-19;/h3-8,11-13H,9-10H2,1-2H3,(H,22,25)(H3,21,23,24);1H. The zero-order chi connectivity index (χ0) is 17.6. The van der Waals surface area contributed by atoms with Crippen molar-refractivity contribution in [2.75, 3.05) is 23.7 Å². The Morgan fingerprint density at radius 2 is 1.77 bits per heavy atom. The Kier molecular flexibility index (Phi) is 7.20. The molecule has 4 N–H and O–H groups in total. The summed E-state index contributed by atoms with van der Waals surface area (Å²) in [5.74, 6) is 1.26. The van der Waals surface area contributed by atoms with Crippen LogP contribution in [-0.2, 0) is 0 Å². The number of rotatable bonds is 5. The normalized spacial score (nSPS) is 11.1. The van der Waals surface area contributed by atoms with Gasteiger partial charge >= 0.3 is 0 Å². The topological polar surface area (TPSA) is 75.3 Å². The summed E-state index contributed by atoms with van der Waals surface area (Å²) in [7, 11) is 0. The summed E-state index contributed by atoms with van der Waals surface area (Å²) in [6.07, 6.45) is 0. The predicted molar refractivity (Wildman–Crippen MR) is 122 cm³/mol. The van der Waals surface area contributed by atoms with Crippen LogP contribution in [0.4, 0.5) is 11.5 Å². The van der Waals surface area contributed by atoms with Crippen molar-refractivity contribution < 1.29 is 0 Å². The third kappa shape index (κ3) is 5.59. The number of nitrogens with two attached hydrogens (primary N) is 1. The van der Waals surface area contributed by atoms with Gasteiger partial charge in [-0.15, -0.1) is 24.0 Å². The van der Waals surface area contributed by atoms with E-state index in [0.29, 0.717) is 19.0 Å². The molecule has 5 nitrogen and oxygen atoms in total. The highest BCUT2D eigenvalue weighted by atomic mass is 127. The van der Waals surface area contributed by atoms with Crippen molar-refractivity contribution in [1.29, 1.82) is 0 Å². The molecule has 136 valence electrons. The molecule has 1 heterocycles. The highest BCUT2D eigenvalue weighted by Gasteiger charge is 1.99. The molecule has 3 aromatic rings. The zero-order valence-corrected chi connectivity index (χ0v) is 17.3. The maximum absolute atomic E-state index is 5.96. The van der Waals surface area contributed by atoms with Gasteiger partial charge in [-0.1, -0.05) is 24.3 Å². The summed E-state index contributed by atoms with van der Waals surface area (Å²) in [5, 5.41) is 7.54. The maximum atomic E-state index is 5.96. The molecule has 0 saturated carbocycles. The molecule has 0 aliphatic rings. The fourth-order valence-corrected chi connectivity index (χ4v) is 2.76. The van der Waals surface area contributed by atoms with Crippen molar-refractivity contribution in [1.82, 2.24) is 4.98 Å². The number of nitrogens with zero attached hydrogens (tertiary/aromatic N) is 2. The number of hydrogen-bond acceptors (Lipinski definition) is 3. The fraction of sp³-hybridized carbons (Fsp3) is 0.200. The SMILES string of the molecule is Cc1cc(C)cc(NC(N)=NCCNc2ccc3ccccc3n2)c1.I. The van der Waals surface area contributed by atoms with Gasteiger partial charge in [-0.2, -0.15) is 0 Å². The number of para-hydroxylation sites is 1. The zero-order valence-electron chi connectivity index (χ0n) is 15.0. The van der Waals surface area contributed by atoms with Crippen molar-refractivity contribution in [2.24, 2.45) is 10.7 Å². The average molecular weight is 461 g/mol. The van der Waals surface area contributed by atoms with Crippen LogP contribution in [0, 0.1) is 13.8 Å². The molecule has 0 bridgehead atoms. The van der Waals surface area contributed by atoms with Gasteiger partial charge in [-0.05, 0) is 55.3 Å². The van der Waals surface area contributed by atoms with Crippen molar-refractivity contribution in [3.63, 3.8) is 0 Å². The Labute approximate surface area is 171 Å². The summed E-state index contributed by atoms with van der Waals surface area (Å²) < 4.78 is 0. The van der Waals surface area contributed by atoms with E-state index in [4.69, 9.17) is 5.73 Å². The molecule has 0 amide bonds. The second-order valence-corrected chi connectivity index (χ2v) is 6.08. The number of halogens is 1. The van der Waals surface area contributed by atoms with Crippen molar-refractivity contribution in [2.45, 2.75) is 13.8 Å². The number of hydrogen-bond donors (Lipinski definition) is 3. The minimum absolute atomic E-state index is 0. The molecular weight excluding hydrogens is 437 g/mol. The lowest BCUT2D eigenvalue weighted by molar-refractivity contribution is 1.01. The number of aromatic nitrogens is 1. The highest BCUT2D eigenvalue weighted by Crippen LogP contribution is 2.14. The number of nitrogens with one attached hydrogen (secondary N) is 2. The van der Waals surface area contributed by atoms with Crippen LogP contribution in [-0.4, -0.2) is 24.0 Å². The van der Waals surface area contributed by atoms with E-state index in [1.54, 1.807) is 0 Å². The first-order chi connectivity index (χ1) is 12.1. The third-order valence-electron chi connectivity index (χ3n) is 3.79. The molecule has 0 aliphatic heterocycles. The van der Waals surface area contributed by atoms with Crippen LogP contribution >= 0.6 is 24.0 Å². The van der Waals surface area contributed by atoms with Crippen molar-refractivity contribution in [3.05, 3.63) is 65.7 Å². The lowest BCUT2D eigenvalue weighted by atomic mass is 10.1. The minimum Gasteiger partial charge on any atom is -0.370 e. The van der Waals surface area contributed by atoms with Crippen molar-refractivity contribution >= 4 is 52.3 Å². The van der Waals surface area contributed by atoms with E-state index in [1.807, 2.05) is 36.4 Å². The van der Waals surface area contributed by atoms with Crippen LogP contribution in [0.2, 0.25) is 0 Å². The van der Waals surface area contributed by atoms with E-state index >= 15 is 0 Å². The Morgan fingerprint density at radius 3 is 2.54 bits per heavy atom. The lowest BCUT2D eigenvalue weighted by Crippen LogP contribution is -2.24. The van der Waals surface area contributed by atoms with E-state index < -0.39 is 0 Å². The van der Waals surface area contributed by atoms with E-state index in [9.17, 15) is 0 Å². The molecule has 0 atom stereocenters. The van der Waals surface area contributed by atoms with E-state index in [-0.39, 0.29) is 24.0 Å². The molecule has 1 aromatic heterocycles. The van der Waals surface area contributed by atoms with Crippen LogP contribution in [0.15, 0.2) is 59.6 Å². The van der Waals surface area contributed by atoms with Gasteiger partial charge in [0.05, 0.1) is 12.1 Å². The molecule has 0 saturated heterocycles. The van der Waals surface area contributed by atoms with Gasteiger partial charge in [-0.3, -0.25) is 4.99 Å². The van der Waals surface area contributed by atoms with Gasteiger partial charge in [0.15, 0.2) is 5.96 Å². The number of benzene rings is 2. The fourth-order valence-electron chi connectivity index (χ4n) is 2.76. The summed E-state index contributed by atoms with van der Waals surface area (Å²) in [6.45, 7) is 5.36. The van der Waals surface area contributed by atoms with Crippen LogP contribution in [0.25, 0.3) is 10.9 Å². The molecular formula is C20H24IN5. The summed E-state index contributed by atoms with van der Waals surface area (Å²) in [4.78, 5) is 8.92. The smallest absolute Gasteiger partial charge is 0.193 e. The molecule has 0 unspecified atom stereocenters. The average Bonchev–Trinajstić information content (AvgIpc) is 2.57. The molecule has 26 heavy (non-hydrogen) atoms. The van der Waals surface area contributed by atoms with Crippen LogP contribution in [0.5, 0.6) is 0 Å². The summed E-state index contributed by atoms with van der Waals surface area (Å²) >= 11 is 0. The number of aryl methyl sites for hydroxylation is 2. The maximum Gasteiger partial charge on any atom is 0.193 e. The number of pyridine rings is 1. The van der Waals surface area contributed by atoms with Gasteiger partial charge in [0, 0.05) is 17.6 Å². The third-order valence-corrected chi connectivity index (χ3v) is 3.79. The van der Waals surface area contributed by atoms with E-state index in [1.165, 1.54) is 11.1 Å². The van der Waals surface area contributed by atoms with Gasteiger partial charge in [0.2, 0.25) is 0 Å². The lowest BCUT2D eigenvalue weighted by Gasteiger charge is -2.08. The Hall–Kier alpha value is -2.35. The largest absolute Gasteiger partial charge is 0.370 e. The summed E-state index contributed by atoms with van der Waals surface area (Å²) in [5.41, 5.74) is 10.3. The number of guanidine groups is 1. The molecule has 6 heteroatoms. The van der Waals surface area contributed by atoms with Crippen LogP contribution < -0.4 is 16.4 Å². The van der Waals surface area contributed by atoms with E-state index in [2.05, 4.69) is 52.7 Å². The molecule has 0 spiro atoms. The second kappa shape index (κ2) is 9.38. The van der Waals surface area contributed by atoms with Gasteiger partial charge in [0.25, 0.3) is 0 Å². The van der Waals surface area contributed by atoms with Crippen LogP contribution in [0.1, 0.15) is 11.1 Å². The van der Waals surface area contributed by atoms with E-state index in [0.717, 1.165) is 22.4 Å². The Bertz CT molecular complexity index is 887.